The Morgan fingerprint density at radius 2 is 2.13 bits per heavy atom. The molecule has 0 saturated heterocycles. The lowest BCUT2D eigenvalue weighted by Gasteiger charge is -2.15. The largest absolute Gasteiger partial charge is 0.380 e. The number of halogens is 1. The highest BCUT2D eigenvalue weighted by atomic mass is 35.5. The smallest absolute Gasteiger partial charge is 0.225 e. The second-order valence-electron chi connectivity index (χ2n) is 3.51. The van der Waals surface area contributed by atoms with Gasteiger partial charge in [0, 0.05) is 13.0 Å². The molecule has 86 valence electrons. The summed E-state index contributed by atoms with van der Waals surface area (Å²) in [7, 11) is 0. The number of hydrogen-bond acceptors (Lipinski definition) is 3. The predicted octanol–water partition coefficient (Wildman–Crippen LogP) is 2.48. The summed E-state index contributed by atoms with van der Waals surface area (Å²) < 4.78 is 7.32. The molecule has 1 rings (SSSR count). The van der Waals surface area contributed by atoms with Crippen molar-refractivity contribution in [3.05, 3.63) is 11.1 Å². The van der Waals surface area contributed by atoms with Gasteiger partial charge in [-0.1, -0.05) is 6.92 Å². The molecular weight excluding hydrogens is 214 g/mol. The minimum absolute atomic E-state index is 0.189. The van der Waals surface area contributed by atoms with Gasteiger partial charge in [0.25, 0.3) is 0 Å². The van der Waals surface area contributed by atoms with Gasteiger partial charge in [-0.15, -0.1) is 10.2 Å². The van der Waals surface area contributed by atoms with E-state index < -0.39 is 0 Å². The van der Waals surface area contributed by atoms with Crippen LogP contribution in [0.2, 0.25) is 5.28 Å². The van der Waals surface area contributed by atoms with E-state index in [2.05, 4.69) is 24.0 Å². The first kappa shape index (κ1) is 12.5. The Hall–Kier alpha value is -0.610. The van der Waals surface area contributed by atoms with Gasteiger partial charge >= 0.3 is 0 Å². The lowest BCUT2D eigenvalue weighted by Crippen LogP contribution is -2.15. The van der Waals surface area contributed by atoms with Gasteiger partial charge < -0.3 is 4.74 Å². The van der Waals surface area contributed by atoms with Gasteiger partial charge in [0.05, 0.1) is 12.6 Å². The number of aromatic nitrogens is 3. The molecule has 0 amide bonds. The fourth-order valence-electron chi connectivity index (χ4n) is 1.50. The van der Waals surface area contributed by atoms with Gasteiger partial charge in [0.15, 0.2) is 0 Å². The predicted molar refractivity (Wildman–Crippen MR) is 60.2 cm³/mol. The highest BCUT2D eigenvalue weighted by molar-refractivity contribution is 6.28. The van der Waals surface area contributed by atoms with Crippen LogP contribution in [0, 0.1) is 0 Å². The van der Waals surface area contributed by atoms with Crippen LogP contribution < -0.4 is 0 Å². The molecule has 0 aliphatic carbocycles. The quantitative estimate of drug-likeness (QED) is 0.755. The lowest BCUT2D eigenvalue weighted by molar-refractivity contribution is 0.118. The van der Waals surface area contributed by atoms with E-state index in [1.807, 2.05) is 11.5 Å². The fraction of sp³-hybridized carbons (Fsp3) is 0.800. The Kier molecular flexibility index (Phi) is 5.05. The Labute approximate surface area is 95.6 Å². The molecule has 1 heterocycles. The van der Waals surface area contributed by atoms with E-state index in [1.54, 1.807) is 0 Å². The first-order valence-electron chi connectivity index (χ1n) is 5.37. The number of aryl methyl sites for hydroxylation is 1. The van der Waals surface area contributed by atoms with E-state index >= 15 is 0 Å². The molecule has 1 atom stereocenters. The van der Waals surface area contributed by atoms with Crippen molar-refractivity contribution in [1.82, 2.24) is 14.8 Å². The van der Waals surface area contributed by atoms with Crippen molar-refractivity contribution >= 4 is 11.6 Å². The van der Waals surface area contributed by atoms with Crippen molar-refractivity contribution in [2.75, 3.05) is 13.2 Å². The van der Waals surface area contributed by atoms with Gasteiger partial charge in [-0.3, -0.25) is 4.57 Å². The zero-order valence-electron chi connectivity index (χ0n) is 9.53. The molecule has 1 aromatic heterocycles. The van der Waals surface area contributed by atoms with Gasteiger partial charge in [-0.05, 0) is 31.9 Å². The topological polar surface area (TPSA) is 39.9 Å². The maximum Gasteiger partial charge on any atom is 0.225 e. The summed E-state index contributed by atoms with van der Waals surface area (Å²) in [5.41, 5.74) is 0. The molecule has 0 N–H and O–H groups in total. The third-order valence-electron chi connectivity index (χ3n) is 2.20. The SMILES string of the molecule is CCCc1nnc(Cl)n1C(C)COCC. The van der Waals surface area contributed by atoms with Gasteiger partial charge in [0.1, 0.15) is 5.82 Å². The average Bonchev–Trinajstić information content (AvgIpc) is 2.57. The second kappa shape index (κ2) is 6.08. The molecule has 5 heteroatoms. The summed E-state index contributed by atoms with van der Waals surface area (Å²) in [5, 5.41) is 8.40. The van der Waals surface area contributed by atoms with Crippen LogP contribution in [-0.2, 0) is 11.2 Å². The maximum absolute atomic E-state index is 5.99. The second-order valence-corrected chi connectivity index (χ2v) is 3.85. The molecule has 0 radical (unpaired) electrons. The fourth-order valence-corrected chi connectivity index (χ4v) is 1.80. The number of hydrogen-bond donors (Lipinski definition) is 0. The van der Waals surface area contributed by atoms with Crippen LogP contribution in [-0.4, -0.2) is 28.0 Å². The Morgan fingerprint density at radius 1 is 1.40 bits per heavy atom. The molecule has 1 unspecified atom stereocenters. The van der Waals surface area contributed by atoms with E-state index in [1.165, 1.54) is 0 Å². The molecule has 0 aromatic carbocycles. The van der Waals surface area contributed by atoms with Crippen molar-refractivity contribution in [3.63, 3.8) is 0 Å². The Morgan fingerprint density at radius 3 is 2.73 bits per heavy atom. The van der Waals surface area contributed by atoms with Crippen LogP contribution in [0.1, 0.15) is 39.1 Å². The molecule has 15 heavy (non-hydrogen) atoms. The van der Waals surface area contributed by atoms with Crippen LogP contribution in [0.5, 0.6) is 0 Å². The Balaban J connectivity index is 2.75. The normalized spacial score (nSPS) is 13.1. The number of nitrogens with zero attached hydrogens (tertiary/aromatic N) is 3. The summed E-state index contributed by atoms with van der Waals surface area (Å²) in [6.45, 7) is 7.51. The van der Waals surface area contributed by atoms with Crippen molar-refractivity contribution in [3.8, 4) is 0 Å². The highest BCUT2D eigenvalue weighted by Crippen LogP contribution is 2.17. The summed E-state index contributed by atoms with van der Waals surface area (Å²) in [6, 6.07) is 0.189. The van der Waals surface area contributed by atoms with Crippen LogP contribution in [0.3, 0.4) is 0 Å². The molecule has 0 fully saturated rings. The van der Waals surface area contributed by atoms with Gasteiger partial charge in [0.2, 0.25) is 5.28 Å². The zero-order valence-corrected chi connectivity index (χ0v) is 10.3. The summed E-state index contributed by atoms with van der Waals surface area (Å²) in [6.07, 6.45) is 1.94. The highest BCUT2D eigenvalue weighted by Gasteiger charge is 2.15. The van der Waals surface area contributed by atoms with Crippen molar-refractivity contribution in [1.29, 1.82) is 0 Å². The molecule has 0 aliphatic heterocycles. The van der Waals surface area contributed by atoms with Crippen molar-refractivity contribution in [2.24, 2.45) is 0 Å². The van der Waals surface area contributed by atoms with Crippen molar-refractivity contribution in [2.45, 2.75) is 39.7 Å². The van der Waals surface area contributed by atoms with Crippen LogP contribution in [0.25, 0.3) is 0 Å². The van der Waals surface area contributed by atoms with E-state index in [0.29, 0.717) is 18.5 Å². The molecule has 4 nitrogen and oxygen atoms in total. The molecule has 0 aliphatic rings. The third-order valence-corrected chi connectivity index (χ3v) is 2.46. The van der Waals surface area contributed by atoms with Gasteiger partial charge in [-0.2, -0.15) is 0 Å². The van der Waals surface area contributed by atoms with Crippen LogP contribution in [0.15, 0.2) is 0 Å². The van der Waals surface area contributed by atoms with E-state index in [0.717, 1.165) is 18.7 Å². The van der Waals surface area contributed by atoms with Crippen LogP contribution in [0.4, 0.5) is 0 Å². The summed E-state index contributed by atoms with van der Waals surface area (Å²) in [4.78, 5) is 0. The Bertz CT molecular complexity index is 301. The number of ether oxygens (including phenoxy) is 1. The summed E-state index contributed by atoms with van der Waals surface area (Å²) >= 11 is 5.99. The molecule has 0 bridgehead atoms. The first-order valence-corrected chi connectivity index (χ1v) is 5.75. The molecule has 0 spiro atoms. The monoisotopic (exact) mass is 231 g/mol. The number of rotatable bonds is 6. The lowest BCUT2D eigenvalue weighted by atomic mass is 10.3. The standard InChI is InChI=1S/C10H18ClN3O/c1-4-6-9-12-13-10(11)14(9)8(3)7-15-5-2/h8H,4-7H2,1-3H3. The first-order chi connectivity index (χ1) is 7.20. The molecular formula is C10H18ClN3O. The summed E-state index contributed by atoms with van der Waals surface area (Å²) in [5.74, 6) is 0.940. The van der Waals surface area contributed by atoms with E-state index in [4.69, 9.17) is 16.3 Å². The maximum atomic E-state index is 5.99. The zero-order chi connectivity index (χ0) is 11.3. The van der Waals surface area contributed by atoms with E-state index in [-0.39, 0.29) is 6.04 Å². The van der Waals surface area contributed by atoms with Gasteiger partial charge in [-0.25, -0.2) is 0 Å². The molecule has 1 aromatic rings. The molecule has 0 saturated carbocycles. The minimum atomic E-state index is 0.189. The minimum Gasteiger partial charge on any atom is -0.380 e. The van der Waals surface area contributed by atoms with Crippen LogP contribution >= 0.6 is 11.6 Å². The third kappa shape index (κ3) is 3.18. The van der Waals surface area contributed by atoms with E-state index in [9.17, 15) is 0 Å². The average molecular weight is 232 g/mol. The van der Waals surface area contributed by atoms with Crippen molar-refractivity contribution < 1.29 is 4.74 Å².